The molecule has 0 amide bonds. The molecule has 1 aromatic carbocycles. The van der Waals surface area contributed by atoms with Crippen LogP contribution in [0, 0.1) is 5.41 Å². The molecule has 1 rings (SSSR count). The molecule has 16 heavy (non-hydrogen) atoms. The summed E-state index contributed by atoms with van der Waals surface area (Å²) in [4.78, 5) is 1.15. The van der Waals surface area contributed by atoms with Crippen molar-refractivity contribution < 1.29 is 5.11 Å². The van der Waals surface area contributed by atoms with Crippen LogP contribution in [0.25, 0.3) is 0 Å². The highest BCUT2D eigenvalue weighted by molar-refractivity contribution is 8.00. The first-order chi connectivity index (χ1) is 7.45. The summed E-state index contributed by atoms with van der Waals surface area (Å²) >= 11 is 1.65. The Balaban J connectivity index is 2.70. The molecule has 0 aliphatic rings. The number of aliphatic hydroxyl groups excluding tert-OH is 1. The fourth-order valence-corrected chi connectivity index (χ4v) is 2.75. The Morgan fingerprint density at radius 1 is 1.25 bits per heavy atom. The molecule has 3 N–H and O–H groups in total. The van der Waals surface area contributed by atoms with Gasteiger partial charge in [-0.3, -0.25) is 0 Å². The highest BCUT2D eigenvalue weighted by Crippen LogP contribution is 2.31. The van der Waals surface area contributed by atoms with Crippen molar-refractivity contribution >= 4 is 11.8 Å². The average Bonchev–Trinajstić information content (AvgIpc) is 2.25. The third kappa shape index (κ3) is 3.81. The van der Waals surface area contributed by atoms with E-state index in [-0.39, 0.29) is 23.3 Å². The van der Waals surface area contributed by atoms with Crippen molar-refractivity contribution in [1.29, 1.82) is 0 Å². The highest BCUT2D eigenvalue weighted by atomic mass is 32.2. The van der Waals surface area contributed by atoms with E-state index < -0.39 is 0 Å². The molecule has 0 saturated heterocycles. The predicted octanol–water partition coefficient (Wildman–Crippen LogP) is 2.51. The molecule has 0 bridgehead atoms. The predicted molar refractivity (Wildman–Crippen MR) is 70.6 cm³/mol. The van der Waals surface area contributed by atoms with E-state index >= 15 is 0 Å². The minimum Gasteiger partial charge on any atom is -0.395 e. The molecule has 3 heteroatoms. The Labute approximate surface area is 102 Å². The summed E-state index contributed by atoms with van der Waals surface area (Å²) in [5.74, 6) is 0. The van der Waals surface area contributed by atoms with Crippen molar-refractivity contribution in [1.82, 2.24) is 0 Å². The smallest absolute Gasteiger partial charge is 0.0568 e. The van der Waals surface area contributed by atoms with Crippen molar-refractivity contribution in [3.05, 3.63) is 30.3 Å². The second kappa shape index (κ2) is 5.71. The molecule has 0 saturated carbocycles. The largest absolute Gasteiger partial charge is 0.395 e. The van der Waals surface area contributed by atoms with E-state index in [4.69, 9.17) is 5.73 Å². The summed E-state index contributed by atoms with van der Waals surface area (Å²) in [5, 5.41) is 9.46. The first kappa shape index (κ1) is 13.6. The van der Waals surface area contributed by atoms with E-state index in [0.29, 0.717) is 0 Å². The van der Waals surface area contributed by atoms with Crippen molar-refractivity contribution in [2.75, 3.05) is 6.61 Å². The first-order valence-corrected chi connectivity index (χ1v) is 6.41. The van der Waals surface area contributed by atoms with Crippen LogP contribution in [0.4, 0.5) is 0 Å². The normalized spacial score (nSPS) is 15.8. The van der Waals surface area contributed by atoms with E-state index in [1.54, 1.807) is 11.8 Å². The molecule has 0 aliphatic heterocycles. The van der Waals surface area contributed by atoms with Crippen LogP contribution in [0.5, 0.6) is 0 Å². The number of benzene rings is 1. The maximum absolute atomic E-state index is 9.42. The zero-order valence-electron chi connectivity index (χ0n) is 10.2. The number of aliphatic hydroxyl groups is 1. The Hall–Kier alpha value is -0.510. The minimum absolute atomic E-state index is 0.00910. The van der Waals surface area contributed by atoms with Gasteiger partial charge in [0.25, 0.3) is 0 Å². The molecule has 2 unspecified atom stereocenters. The van der Waals surface area contributed by atoms with Gasteiger partial charge in [0, 0.05) is 16.2 Å². The van der Waals surface area contributed by atoms with Gasteiger partial charge in [0.1, 0.15) is 0 Å². The Bertz CT molecular complexity index is 307. The molecular formula is C13H21NOS. The van der Waals surface area contributed by atoms with Gasteiger partial charge in [0.2, 0.25) is 0 Å². The van der Waals surface area contributed by atoms with Gasteiger partial charge >= 0.3 is 0 Å². The SMILES string of the molecule is CC(C)(C)C(N)C(CO)Sc1ccccc1. The van der Waals surface area contributed by atoms with Gasteiger partial charge in [0.15, 0.2) is 0 Å². The van der Waals surface area contributed by atoms with Crippen LogP contribution in [0.2, 0.25) is 0 Å². The summed E-state index contributed by atoms with van der Waals surface area (Å²) in [7, 11) is 0. The molecule has 0 fully saturated rings. The van der Waals surface area contributed by atoms with Crippen LogP contribution < -0.4 is 5.73 Å². The van der Waals surface area contributed by atoms with Gasteiger partial charge in [-0.1, -0.05) is 39.0 Å². The quantitative estimate of drug-likeness (QED) is 0.794. The molecule has 2 atom stereocenters. The van der Waals surface area contributed by atoms with Crippen molar-refractivity contribution in [2.45, 2.75) is 37.0 Å². The second-order valence-corrected chi connectivity index (χ2v) is 6.36. The van der Waals surface area contributed by atoms with E-state index in [2.05, 4.69) is 20.8 Å². The van der Waals surface area contributed by atoms with Gasteiger partial charge in [-0.25, -0.2) is 0 Å². The number of rotatable bonds is 4. The molecule has 0 heterocycles. The lowest BCUT2D eigenvalue weighted by molar-refractivity contribution is 0.233. The van der Waals surface area contributed by atoms with Crippen LogP contribution in [0.15, 0.2) is 35.2 Å². The maximum atomic E-state index is 9.42. The van der Waals surface area contributed by atoms with Gasteiger partial charge in [0.05, 0.1) is 6.61 Å². The van der Waals surface area contributed by atoms with Crippen molar-refractivity contribution in [2.24, 2.45) is 11.1 Å². The Kier molecular flexibility index (Phi) is 4.84. The summed E-state index contributed by atoms with van der Waals surface area (Å²) in [6, 6.07) is 10.0. The Morgan fingerprint density at radius 3 is 2.25 bits per heavy atom. The zero-order valence-corrected chi connectivity index (χ0v) is 11.0. The van der Waals surface area contributed by atoms with Crippen LogP contribution in [-0.4, -0.2) is 23.0 Å². The molecule has 0 radical (unpaired) electrons. The third-order valence-corrected chi connectivity index (χ3v) is 3.90. The molecule has 2 nitrogen and oxygen atoms in total. The van der Waals surface area contributed by atoms with Gasteiger partial charge in [-0.2, -0.15) is 0 Å². The van der Waals surface area contributed by atoms with Crippen LogP contribution in [-0.2, 0) is 0 Å². The summed E-state index contributed by atoms with van der Waals surface area (Å²) in [6.07, 6.45) is 0. The zero-order chi connectivity index (χ0) is 12.2. The number of thioether (sulfide) groups is 1. The molecule has 0 aliphatic carbocycles. The van der Waals surface area contributed by atoms with E-state index in [9.17, 15) is 5.11 Å². The van der Waals surface area contributed by atoms with Gasteiger partial charge in [-0.05, 0) is 17.5 Å². The minimum atomic E-state index is -0.0253. The lowest BCUT2D eigenvalue weighted by atomic mass is 9.85. The standard InChI is InChI=1S/C13H21NOS/c1-13(2,3)12(14)11(9-15)16-10-7-5-4-6-8-10/h4-8,11-12,15H,9,14H2,1-3H3. The number of nitrogens with two attached hydrogens (primary N) is 1. The average molecular weight is 239 g/mol. The van der Waals surface area contributed by atoms with E-state index in [1.165, 1.54) is 0 Å². The van der Waals surface area contributed by atoms with E-state index in [0.717, 1.165) is 4.90 Å². The number of hydrogen-bond donors (Lipinski definition) is 2. The molecule has 1 aromatic rings. The third-order valence-electron chi connectivity index (χ3n) is 2.61. The van der Waals surface area contributed by atoms with Crippen LogP contribution in [0.1, 0.15) is 20.8 Å². The molecule has 0 spiro atoms. The van der Waals surface area contributed by atoms with Crippen LogP contribution >= 0.6 is 11.8 Å². The highest BCUT2D eigenvalue weighted by Gasteiger charge is 2.29. The number of hydrogen-bond acceptors (Lipinski definition) is 3. The fourth-order valence-electron chi connectivity index (χ4n) is 1.46. The Morgan fingerprint density at radius 2 is 1.81 bits per heavy atom. The summed E-state index contributed by atoms with van der Waals surface area (Å²) in [5.41, 5.74) is 6.18. The van der Waals surface area contributed by atoms with Crippen LogP contribution in [0.3, 0.4) is 0 Å². The van der Waals surface area contributed by atoms with Gasteiger partial charge < -0.3 is 10.8 Å². The molecule has 0 aromatic heterocycles. The van der Waals surface area contributed by atoms with Crippen molar-refractivity contribution in [3.8, 4) is 0 Å². The lowest BCUT2D eigenvalue weighted by Crippen LogP contribution is -2.45. The molecule has 90 valence electrons. The fraction of sp³-hybridized carbons (Fsp3) is 0.538. The topological polar surface area (TPSA) is 46.2 Å². The summed E-state index contributed by atoms with van der Waals surface area (Å²) < 4.78 is 0. The van der Waals surface area contributed by atoms with Crippen molar-refractivity contribution in [3.63, 3.8) is 0 Å². The molecular weight excluding hydrogens is 218 g/mol. The second-order valence-electron chi connectivity index (χ2n) is 5.04. The van der Waals surface area contributed by atoms with Gasteiger partial charge in [-0.15, -0.1) is 11.8 Å². The lowest BCUT2D eigenvalue weighted by Gasteiger charge is -2.32. The monoisotopic (exact) mass is 239 g/mol. The maximum Gasteiger partial charge on any atom is 0.0568 e. The summed E-state index contributed by atoms with van der Waals surface area (Å²) in [6.45, 7) is 6.42. The first-order valence-electron chi connectivity index (χ1n) is 5.53. The van der Waals surface area contributed by atoms with E-state index in [1.807, 2.05) is 30.3 Å².